The number of ether oxygens (including phenoxy) is 1. The molecule has 2 aromatic carbocycles. The third kappa shape index (κ3) is 5.16. The van der Waals surface area contributed by atoms with Gasteiger partial charge in [0, 0.05) is 44.1 Å². The number of fused-ring (bicyclic) bond motifs is 2. The number of hydrogen-bond donors (Lipinski definition) is 1. The Morgan fingerprint density at radius 2 is 1.64 bits per heavy atom. The van der Waals surface area contributed by atoms with Gasteiger partial charge in [0.2, 0.25) is 11.8 Å². The number of nitrogens with zero attached hydrogens (tertiary/aromatic N) is 4. The highest BCUT2D eigenvalue weighted by molar-refractivity contribution is 6.06. The molecule has 6 rings (SSSR count). The van der Waals surface area contributed by atoms with E-state index in [9.17, 15) is 19.5 Å². The molecule has 3 amide bonds. The average molecular weight is 613 g/mol. The number of rotatable bonds is 9. The Balaban J connectivity index is 1.40. The van der Waals surface area contributed by atoms with Crippen molar-refractivity contribution in [2.75, 3.05) is 42.6 Å². The standard InChI is InChI=1S/C36H44N4O5/c1-5-37(6-2)26-15-17-27(18-16-26)39-21-11-19-36-31(34(43)40(32(36)35(39)44)28(23-41)24(3)4)30-29(45-36)14-10-20-38(33(30)42)22-25-12-8-7-9-13-25/h7-19,24,28-32,41H,5-6,20-23H2,1-4H3/t28-,29+,30-,31-,32?,36-/m0/s1. The van der Waals surface area contributed by atoms with Crippen molar-refractivity contribution >= 4 is 29.1 Å². The van der Waals surface area contributed by atoms with Crippen LogP contribution in [-0.4, -0.2) is 89.2 Å². The molecule has 9 nitrogen and oxygen atoms in total. The Morgan fingerprint density at radius 1 is 0.933 bits per heavy atom. The summed E-state index contributed by atoms with van der Waals surface area (Å²) in [5, 5.41) is 10.6. The van der Waals surface area contributed by atoms with Crippen LogP contribution in [0.4, 0.5) is 11.4 Å². The van der Waals surface area contributed by atoms with E-state index in [1.165, 1.54) is 0 Å². The molecule has 6 atom stereocenters. The molecule has 4 aliphatic rings. The molecule has 0 saturated carbocycles. The fraction of sp³-hybridized carbons (Fsp3) is 0.472. The number of likely N-dealkylation sites (tertiary alicyclic amines) is 1. The van der Waals surface area contributed by atoms with Gasteiger partial charge in [-0.1, -0.05) is 68.5 Å². The van der Waals surface area contributed by atoms with E-state index in [1.54, 1.807) is 14.7 Å². The summed E-state index contributed by atoms with van der Waals surface area (Å²) in [6, 6.07) is 16.0. The first kappa shape index (κ1) is 31.0. The molecule has 1 unspecified atom stereocenters. The second-order valence-electron chi connectivity index (χ2n) is 12.8. The SMILES string of the molecule is CCN(CC)c1ccc(N2CC=C[C@]34O[C@@H]5C=CCN(Cc6ccccc6)C(=O)[C@@H]5[C@H]3C(=O)N([C@@H](CO)C(C)C)C4C2=O)cc1. The number of benzene rings is 2. The van der Waals surface area contributed by atoms with Gasteiger partial charge in [0.15, 0.2) is 0 Å². The van der Waals surface area contributed by atoms with E-state index in [4.69, 9.17) is 4.74 Å². The minimum atomic E-state index is -1.35. The molecule has 0 aliphatic carbocycles. The summed E-state index contributed by atoms with van der Waals surface area (Å²) in [5.41, 5.74) is 1.43. The van der Waals surface area contributed by atoms with Crippen LogP contribution in [0.15, 0.2) is 78.9 Å². The Morgan fingerprint density at radius 3 is 2.29 bits per heavy atom. The normalized spacial score (nSPS) is 28.2. The molecular formula is C36H44N4O5. The number of amides is 3. The molecule has 2 aromatic rings. The van der Waals surface area contributed by atoms with Gasteiger partial charge in [0.1, 0.15) is 11.6 Å². The van der Waals surface area contributed by atoms with Gasteiger partial charge in [0.05, 0.1) is 30.6 Å². The highest BCUT2D eigenvalue weighted by Crippen LogP contribution is 2.54. The summed E-state index contributed by atoms with van der Waals surface area (Å²) >= 11 is 0. The summed E-state index contributed by atoms with van der Waals surface area (Å²) in [5.74, 6) is -2.59. The van der Waals surface area contributed by atoms with Gasteiger partial charge in [-0.05, 0) is 49.6 Å². The van der Waals surface area contributed by atoms with Crippen molar-refractivity contribution in [1.29, 1.82) is 0 Å². The average Bonchev–Trinajstić information content (AvgIpc) is 3.36. The van der Waals surface area contributed by atoms with Crippen LogP contribution >= 0.6 is 0 Å². The maximum Gasteiger partial charge on any atom is 0.253 e. The van der Waals surface area contributed by atoms with Crippen molar-refractivity contribution in [2.24, 2.45) is 17.8 Å². The molecule has 238 valence electrons. The summed E-state index contributed by atoms with van der Waals surface area (Å²) < 4.78 is 6.80. The van der Waals surface area contributed by atoms with E-state index >= 15 is 0 Å². The third-order valence-corrected chi connectivity index (χ3v) is 10.0. The summed E-state index contributed by atoms with van der Waals surface area (Å²) in [4.78, 5) is 51.0. The molecule has 9 heteroatoms. The predicted octanol–water partition coefficient (Wildman–Crippen LogP) is 3.63. The van der Waals surface area contributed by atoms with E-state index in [2.05, 4.69) is 18.7 Å². The maximum absolute atomic E-state index is 14.8. The topological polar surface area (TPSA) is 93.6 Å². The number of anilines is 2. The second kappa shape index (κ2) is 12.4. The van der Waals surface area contributed by atoms with E-state index < -0.39 is 35.6 Å². The van der Waals surface area contributed by atoms with Gasteiger partial charge in [0.25, 0.3) is 5.91 Å². The van der Waals surface area contributed by atoms with E-state index in [0.717, 1.165) is 30.0 Å². The zero-order valence-electron chi connectivity index (χ0n) is 26.6. The van der Waals surface area contributed by atoms with E-state index in [0.29, 0.717) is 19.6 Å². The van der Waals surface area contributed by atoms with Crippen molar-refractivity contribution in [3.8, 4) is 0 Å². The third-order valence-electron chi connectivity index (χ3n) is 10.0. The fourth-order valence-electron chi connectivity index (χ4n) is 7.72. The molecule has 1 spiro atoms. The van der Waals surface area contributed by atoms with Crippen molar-refractivity contribution < 1.29 is 24.2 Å². The minimum absolute atomic E-state index is 0.133. The van der Waals surface area contributed by atoms with Crippen molar-refractivity contribution in [2.45, 2.75) is 58.0 Å². The van der Waals surface area contributed by atoms with Crippen LogP contribution in [0, 0.1) is 17.8 Å². The number of aliphatic hydroxyl groups is 1. The van der Waals surface area contributed by atoms with Crippen molar-refractivity contribution in [3.05, 3.63) is 84.5 Å². The highest BCUT2D eigenvalue weighted by Gasteiger charge is 2.72. The molecule has 2 fully saturated rings. The van der Waals surface area contributed by atoms with Gasteiger partial charge in [-0.3, -0.25) is 14.4 Å². The quantitative estimate of drug-likeness (QED) is 0.435. The van der Waals surface area contributed by atoms with Crippen LogP contribution in [-0.2, 0) is 25.7 Å². The van der Waals surface area contributed by atoms with Crippen LogP contribution in [0.3, 0.4) is 0 Å². The monoisotopic (exact) mass is 612 g/mol. The lowest BCUT2D eigenvalue weighted by molar-refractivity contribution is -0.148. The number of hydrogen-bond acceptors (Lipinski definition) is 6. The van der Waals surface area contributed by atoms with Crippen LogP contribution in [0.2, 0.25) is 0 Å². The number of carbonyl (C=O) groups is 3. The molecule has 4 aliphatic heterocycles. The smallest absolute Gasteiger partial charge is 0.253 e. The Labute approximate surface area is 265 Å². The number of carbonyl (C=O) groups excluding carboxylic acids is 3. The number of aliphatic hydroxyl groups excluding tert-OH is 1. The summed E-state index contributed by atoms with van der Waals surface area (Å²) in [7, 11) is 0. The van der Waals surface area contributed by atoms with E-state index in [1.807, 2.05) is 92.7 Å². The van der Waals surface area contributed by atoms with Crippen LogP contribution in [0.5, 0.6) is 0 Å². The van der Waals surface area contributed by atoms with Gasteiger partial charge in [-0.25, -0.2) is 0 Å². The van der Waals surface area contributed by atoms with Crippen molar-refractivity contribution in [1.82, 2.24) is 9.80 Å². The first-order valence-electron chi connectivity index (χ1n) is 16.2. The predicted molar refractivity (Wildman–Crippen MR) is 173 cm³/mol. The van der Waals surface area contributed by atoms with Gasteiger partial charge >= 0.3 is 0 Å². The molecule has 45 heavy (non-hydrogen) atoms. The summed E-state index contributed by atoms with van der Waals surface area (Å²) in [6.07, 6.45) is 6.91. The van der Waals surface area contributed by atoms with Crippen LogP contribution in [0.25, 0.3) is 0 Å². The van der Waals surface area contributed by atoms with Crippen LogP contribution < -0.4 is 9.80 Å². The molecule has 0 radical (unpaired) electrons. The van der Waals surface area contributed by atoms with Crippen LogP contribution in [0.1, 0.15) is 33.3 Å². The maximum atomic E-state index is 14.8. The Hall–Kier alpha value is -3.95. The molecule has 0 bridgehead atoms. The molecule has 1 N–H and O–H groups in total. The largest absolute Gasteiger partial charge is 0.394 e. The van der Waals surface area contributed by atoms with Gasteiger partial charge in [-0.2, -0.15) is 0 Å². The van der Waals surface area contributed by atoms with Gasteiger partial charge in [-0.15, -0.1) is 0 Å². The minimum Gasteiger partial charge on any atom is -0.394 e. The fourth-order valence-corrected chi connectivity index (χ4v) is 7.72. The zero-order valence-corrected chi connectivity index (χ0v) is 26.6. The molecule has 4 heterocycles. The second-order valence-corrected chi connectivity index (χ2v) is 12.8. The highest BCUT2D eigenvalue weighted by atomic mass is 16.5. The lowest BCUT2D eigenvalue weighted by Gasteiger charge is -2.39. The first-order chi connectivity index (χ1) is 21.7. The van der Waals surface area contributed by atoms with Gasteiger partial charge < -0.3 is 29.4 Å². The molecule has 2 saturated heterocycles. The lowest BCUT2D eigenvalue weighted by Crippen LogP contribution is -2.59. The van der Waals surface area contributed by atoms with E-state index in [-0.39, 0.29) is 30.2 Å². The lowest BCUT2D eigenvalue weighted by atomic mass is 9.77. The molecule has 0 aromatic heterocycles. The zero-order chi connectivity index (χ0) is 31.9. The van der Waals surface area contributed by atoms with Crippen molar-refractivity contribution in [3.63, 3.8) is 0 Å². The Kier molecular flexibility index (Phi) is 8.59. The molecular weight excluding hydrogens is 568 g/mol. The summed E-state index contributed by atoms with van der Waals surface area (Å²) in [6.45, 7) is 10.6. The first-order valence-corrected chi connectivity index (χ1v) is 16.2. The Bertz CT molecular complexity index is 1470.